The number of aryl methyl sites for hydroxylation is 2. The van der Waals surface area contributed by atoms with Crippen molar-refractivity contribution in [1.29, 1.82) is 0 Å². The molecule has 0 atom stereocenters. The molecule has 0 amide bonds. The molecule has 7 nitrogen and oxygen atoms in total. The van der Waals surface area contributed by atoms with Gasteiger partial charge >= 0.3 is 0 Å². The number of nitrogens with zero attached hydrogens (tertiary/aromatic N) is 3. The van der Waals surface area contributed by atoms with Crippen molar-refractivity contribution in [2.45, 2.75) is 59.4 Å². The molecule has 0 saturated heterocycles. The predicted octanol–water partition coefficient (Wildman–Crippen LogP) is 3.55. The van der Waals surface area contributed by atoms with Crippen molar-refractivity contribution in [2.24, 2.45) is 4.99 Å². The molecule has 0 unspecified atom stereocenters. The van der Waals surface area contributed by atoms with Crippen LogP contribution in [0.25, 0.3) is 0 Å². The fourth-order valence-corrected chi connectivity index (χ4v) is 2.78. The van der Waals surface area contributed by atoms with Crippen molar-refractivity contribution in [1.82, 2.24) is 20.8 Å². The molecule has 28 heavy (non-hydrogen) atoms. The average Bonchev–Trinajstić information content (AvgIpc) is 3.10. The minimum absolute atomic E-state index is 0.623. The number of aliphatic imine (C=N–C) groups is 1. The molecule has 0 fully saturated rings. The van der Waals surface area contributed by atoms with Crippen molar-refractivity contribution in [3.05, 3.63) is 41.0 Å². The van der Waals surface area contributed by atoms with Crippen molar-refractivity contribution in [3.63, 3.8) is 0 Å². The van der Waals surface area contributed by atoms with Gasteiger partial charge in [0.2, 0.25) is 5.89 Å². The second-order valence-electron chi connectivity index (χ2n) is 6.86. The van der Waals surface area contributed by atoms with Crippen LogP contribution in [-0.4, -0.2) is 36.3 Å². The van der Waals surface area contributed by atoms with Gasteiger partial charge in [-0.3, -0.25) is 4.99 Å². The van der Waals surface area contributed by atoms with Crippen LogP contribution < -0.4 is 15.4 Å². The number of hydrogen-bond acceptors (Lipinski definition) is 5. The number of benzene rings is 1. The summed E-state index contributed by atoms with van der Waals surface area (Å²) in [5.74, 6) is 2.95. The predicted molar refractivity (Wildman–Crippen MR) is 112 cm³/mol. The molecule has 0 radical (unpaired) electrons. The standard InChI is InChI=1S/C21H33N5O2/c1-5-6-7-8-13-27-19-14-16(2)9-10-18(19)15-24-21(22-4)23-12-11-20-25-17(3)26-28-20/h9-10,14H,5-8,11-13,15H2,1-4H3,(H2,22,23,24). The first-order valence-corrected chi connectivity index (χ1v) is 10.1. The Hall–Kier alpha value is -2.57. The Labute approximate surface area is 168 Å². The van der Waals surface area contributed by atoms with Crippen LogP contribution in [0.5, 0.6) is 5.75 Å². The fraction of sp³-hybridized carbons (Fsp3) is 0.571. The maximum atomic E-state index is 6.04. The van der Waals surface area contributed by atoms with Crippen molar-refractivity contribution >= 4 is 5.96 Å². The van der Waals surface area contributed by atoms with E-state index in [4.69, 9.17) is 9.26 Å². The number of nitrogens with one attached hydrogen (secondary N) is 2. The molecule has 1 aromatic carbocycles. The maximum Gasteiger partial charge on any atom is 0.228 e. The van der Waals surface area contributed by atoms with Gasteiger partial charge in [0.15, 0.2) is 11.8 Å². The van der Waals surface area contributed by atoms with Gasteiger partial charge < -0.3 is 19.9 Å². The number of hydrogen-bond donors (Lipinski definition) is 2. The first-order valence-electron chi connectivity index (χ1n) is 10.1. The molecule has 0 bridgehead atoms. The Balaban J connectivity index is 1.81. The van der Waals surface area contributed by atoms with E-state index in [1.54, 1.807) is 7.05 Å². The highest BCUT2D eigenvalue weighted by molar-refractivity contribution is 5.79. The smallest absolute Gasteiger partial charge is 0.228 e. The minimum Gasteiger partial charge on any atom is -0.493 e. The molecular formula is C21H33N5O2. The Morgan fingerprint density at radius 1 is 1.18 bits per heavy atom. The molecule has 2 N–H and O–H groups in total. The third-order valence-electron chi connectivity index (χ3n) is 4.35. The van der Waals surface area contributed by atoms with Gasteiger partial charge in [-0.2, -0.15) is 4.98 Å². The first-order chi connectivity index (χ1) is 13.6. The molecule has 2 aromatic rings. The zero-order valence-corrected chi connectivity index (χ0v) is 17.5. The van der Waals surface area contributed by atoms with E-state index in [1.165, 1.54) is 24.8 Å². The lowest BCUT2D eigenvalue weighted by Gasteiger charge is -2.15. The van der Waals surface area contributed by atoms with Gasteiger partial charge in [-0.1, -0.05) is 43.5 Å². The van der Waals surface area contributed by atoms with E-state index >= 15 is 0 Å². The second kappa shape index (κ2) is 12.0. The summed E-state index contributed by atoms with van der Waals surface area (Å²) in [6.45, 7) is 8.18. The van der Waals surface area contributed by atoms with E-state index in [2.05, 4.69) is 57.8 Å². The fourth-order valence-electron chi connectivity index (χ4n) is 2.78. The summed E-state index contributed by atoms with van der Waals surface area (Å²) in [5, 5.41) is 10.4. The largest absolute Gasteiger partial charge is 0.493 e. The number of ether oxygens (including phenoxy) is 1. The highest BCUT2D eigenvalue weighted by atomic mass is 16.5. The topological polar surface area (TPSA) is 84.6 Å². The molecule has 0 aliphatic heterocycles. The van der Waals surface area contributed by atoms with Crippen LogP contribution in [-0.2, 0) is 13.0 Å². The molecular weight excluding hydrogens is 354 g/mol. The monoisotopic (exact) mass is 387 g/mol. The Morgan fingerprint density at radius 2 is 2.04 bits per heavy atom. The molecule has 2 rings (SSSR count). The summed E-state index contributed by atoms with van der Waals surface area (Å²) in [6.07, 6.45) is 5.45. The lowest BCUT2D eigenvalue weighted by atomic mass is 10.1. The quantitative estimate of drug-likeness (QED) is 0.348. The van der Waals surface area contributed by atoms with Crippen LogP contribution in [0.15, 0.2) is 27.7 Å². The maximum absolute atomic E-state index is 6.04. The van der Waals surface area contributed by atoms with Crippen molar-refractivity contribution in [2.75, 3.05) is 20.2 Å². The number of rotatable bonds is 11. The molecule has 0 aliphatic rings. The third kappa shape index (κ3) is 7.58. The second-order valence-corrected chi connectivity index (χ2v) is 6.86. The molecule has 1 heterocycles. The third-order valence-corrected chi connectivity index (χ3v) is 4.35. The van der Waals surface area contributed by atoms with Crippen LogP contribution in [0.3, 0.4) is 0 Å². The SMILES string of the molecule is CCCCCCOc1cc(C)ccc1CNC(=NC)NCCc1nc(C)no1. The highest BCUT2D eigenvalue weighted by Gasteiger charge is 2.07. The van der Waals surface area contributed by atoms with Crippen molar-refractivity contribution < 1.29 is 9.26 Å². The normalized spacial score (nSPS) is 11.5. The minimum atomic E-state index is 0.623. The lowest BCUT2D eigenvalue weighted by molar-refractivity contribution is 0.301. The zero-order valence-electron chi connectivity index (χ0n) is 17.5. The summed E-state index contributed by atoms with van der Waals surface area (Å²) in [4.78, 5) is 8.47. The van der Waals surface area contributed by atoms with E-state index < -0.39 is 0 Å². The number of unbranched alkanes of at least 4 members (excludes halogenated alkanes) is 3. The molecule has 154 valence electrons. The van der Waals surface area contributed by atoms with Gasteiger partial charge in [-0.05, 0) is 31.9 Å². The molecule has 1 aromatic heterocycles. The van der Waals surface area contributed by atoms with E-state index in [0.29, 0.717) is 31.2 Å². The molecule has 0 spiro atoms. The Bertz CT molecular complexity index is 742. The van der Waals surface area contributed by atoms with Crippen LogP contribution >= 0.6 is 0 Å². The van der Waals surface area contributed by atoms with Crippen molar-refractivity contribution in [3.8, 4) is 5.75 Å². The van der Waals surface area contributed by atoms with Gasteiger partial charge in [-0.15, -0.1) is 0 Å². The van der Waals surface area contributed by atoms with Crippen LogP contribution in [0.2, 0.25) is 0 Å². The summed E-state index contributed by atoms with van der Waals surface area (Å²) < 4.78 is 11.2. The van der Waals surface area contributed by atoms with Gasteiger partial charge in [0.25, 0.3) is 0 Å². The summed E-state index contributed by atoms with van der Waals surface area (Å²) in [6, 6.07) is 6.32. The van der Waals surface area contributed by atoms with Crippen LogP contribution in [0, 0.1) is 13.8 Å². The molecule has 0 saturated carbocycles. The van der Waals surface area contributed by atoms with E-state index in [0.717, 1.165) is 30.3 Å². The molecule has 7 heteroatoms. The van der Waals surface area contributed by atoms with Crippen LogP contribution in [0.4, 0.5) is 0 Å². The van der Waals surface area contributed by atoms with Gasteiger partial charge in [0.1, 0.15) is 5.75 Å². The van der Waals surface area contributed by atoms with Gasteiger partial charge in [0.05, 0.1) is 6.61 Å². The van der Waals surface area contributed by atoms with Gasteiger partial charge in [0, 0.05) is 32.1 Å². The number of guanidine groups is 1. The number of aromatic nitrogens is 2. The highest BCUT2D eigenvalue weighted by Crippen LogP contribution is 2.20. The Morgan fingerprint density at radius 3 is 2.75 bits per heavy atom. The lowest BCUT2D eigenvalue weighted by Crippen LogP contribution is -2.38. The van der Waals surface area contributed by atoms with Crippen LogP contribution in [0.1, 0.15) is 55.4 Å². The Kier molecular flexibility index (Phi) is 9.31. The van der Waals surface area contributed by atoms with E-state index in [-0.39, 0.29) is 0 Å². The average molecular weight is 388 g/mol. The first kappa shape index (κ1) is 21.7. The van der Waals surface area contributed by atoms with E-state index in [1.807, 2.05) is 6.92 Å². The zero-order chi connectivity index (χ0) is 20.2. The van der Waals surface area contributed by atoms with Gasteiger partial charge in [-0.25, -0.2) is 0 Å². The summed E-state index contributed by atoms with van der Waals surface area (Å²) in [5.41, 5.74) is 2.32. The summed E-state index contributed by atoms with van der Waals surface area (Å²) >= 11 is 0. The van der Waals surface area contributed by atoms with E-state index in [9.17, 15) is 0 Å². The summed E-state index contributed by atoms with van der Waals surface area (Å²) in [7, 11) is 1.76. The molecule has 0 aliphatic carbocycles.